The molecule has 2 atom stereocenters. The van der Waals surface area contributed by atoms with Crippen molar-refractivity contribution < 1.29 is 18.7 Å². The van der Waals surface area contributed by atoms with Gasteiger partial charge in [-0.2, -0.15) is 0 Å². The fraction of sp³-hybridized carbons (Fsp3) is 0.933. The number of alkyl halides is 1. The quantitative estimate of drug-likeness (QED) is 0.849. The van der Waals surface area contributed by atoms with Crippen LogP contribution in [0, 0.1) is 0 Å². The number of halogens is 1. The molecule has 2 saturated heterocycles. The Bertz CT molecular complexity index is 351. The first-order valence-corrected chi connectivity index (χ1v) is 7.81. The SMILES string of the molecule is CC(C)(C)OC(=O)N1CCC(N[C@H]2CCOCC2F)CC1. The summed E-state index contributed by atoms with van der Waals surface area (Å²) >= 11 is 0. The van der Waals surface area contributed by atoms with Crippen LogP contribution in [0.1, 0.15) is 40.0 Å². The minimum absolute atomic E-state index is 0.114. The molecule has 21 heavy (non-hydrogen) atoms. The van der Waals surface area contributed by atoms with Crippen LogP contribution >= 0.6 is 0 Å². The lowest BCUT2D eigenvalue weighted by Gasteiger charge is -2.37. The highest BCUT2D eigenvalue weighted by Crippen LogP contribution is 2.18. The van der Waals surface area contributed by atoms with E-state index in [0.29, 0.717) is 26.1 Å². The van der Waals surface area contributed by atoms with Crippen molar-refractivity contribution in [1.82, 2.24) is 10.2 Å². The third-order valence-electron chi connectivity index (χ3n) is 3.88. The van der Waals surface area contributed by atoms with Crippen LogP contribution in [-0.2, 0) is 9.47 Å². The summed E-state index contributed by atoms with van der Waals surface area (Å²) in [5.74, 6) is 0. The minimum Gasteiger partial charge on any atom is -0.444 e. The average Bonchev–Trinajstić information content (AvgIpc) is 2.40. The van der Waals surface area contributed by atoms with Gasteiger partial charge in [-0.1, -0.05) is 0 Å². The Morgan fingerprint density at radius 3 is 2.52 bits per heavy atom. The van der Waals surface area contributed by atoms with Crippen molar-refractivity contribution in [2.45, 2.75) is 63.9 Å². The Balaban J connectivity index is 1.74. The van der Waals surface area contributed by atoms with E-state index in [9.17, 15) is 9.18 Å². The number of carbonyl (C=O) groups is 1. The van der Waals surface area contributed by atoms with E-state index < -0.39 is 11.8 Å². The van der Waals surface area contributed by atoms with Gasteiger partial charge in [0.15, 0.2) is 0 Å². The normalized spacial score (nSPS) is 28.5. The van der Waals surface area contributed by atoms with E-state index in [1.165, 1.54) is 0 Å². The standard InChI is InChI=1S/C15H27FN2O3/c1-15(2,3)21-14(19)18-7-4-11(5-8-18)17-13-6-9-20-10-12(13)16/h11-13,17H,4-10H2,1-3H3/t12?,13-/m0/s1. The van der Waals surface area contributed by atoms with Gasteiger partial charge in [-0.05, 0) is 40.0 Å². The summed E-state index contributed by atoms with van der Waals surface area (Å²) in [6, 6.07) is 0.155. The molecule has 2 aliphatic rings. The second-order valence-electron chi connectivity index (χ2n) is 6.89. The maximum atomic E-state index is 13.7. The van der Waals surface area contributed by atoms with Crippen LogP contribution in [0.25, 0.3) is 0 Å². The number of nitrogens with zero attached hydrogens (tertiary/aromatic N) is 1. The van der Waals surface area contributed by atoms with E-state index in [4.69, 9.17) is 9.47 Å². The van der Waals surface area contributed by atoms with Crippen molar-refractivity contribution >= 4 is 6.09 Å². The molecule has 0 aromatic heterocycles. The Morgan fingerprint density at radius 1 is 1.29 bits per heavy atom. The number of ether oxygens (including phenoxy) is 2. The molecule has 1 amide bonds. The van der Waals surface area contributed by atoms with Crippen LogP contribution in [0.4, 0.5) is 9.18 Å². The molecule has 2 heterocycles. The summed E-state index contributed by atoms with van der Waals surface area (Å²) in [7, 11) is 0. The van der Waals surface area contributed by atoms with Crippen molar-refractivity contribution in [2.24, 2.45) is 0 Å². The summed E-state index contributed by atoms with van der Waals surface area (Å²) in [4.78, 5) is 13.7. The number of hydrogen-bond donors (Lipinski definition) is 1. The van der Waals surface area contributed by atoms with E-state index in [-0.39, 0.29) is 24.8 Å². The monoisotopic (exact) mass is 302 g/mol. The predicted octanol–water partition coefficient (Wildman–Crippen LogP) is 2.10. The molecule has 5 nitrogen and oxygen atoms in total. The topological polar surface area (TPSA) is 50.8 Å². The number of hydrogen-bond acceptors (Lipinski definition) is 4. The summed E-state index contributed by atoms with van der Waals surface area (Å²) in [6.45, 7) is 7.73. The number of piperidine rings is 1. The molecule has 0 saturated carbocycles. The van der Waals surface area contributed by atoms with Gasteiger partial charge in [0.05, 0.1) is 6.61 Å². The summed E-state index contributed by atoms with van der Waals surface area (Å²) in [5, 5.41) is 3.38. The van der Waals surface area contributed by atoms with Gasteiger partial charge >= 0.3 is 6.09 Å². The third-order valence-corrected chi connectivity index (χ3v) is 3.88. The maximum Gasteiger partial charge on any atom is 0.410 e. The smallest absolute Gasteiger partial charge is 0.410 e. The molecular weight excluding hydrogens is 275 g/mol. The lowest BCUT2D eigenvalue weighted by molar-refractivity contribution is 0.00435. The van der Waals surface area contributed by atoms with Crippen LogP contribution < -0.4 is 5.32 Å². The van der Waals surface area contributed by atoms with Crippen molar-refractivity contribution in [1.29, 1.82) is 0 Å². The van der Waals surface area contributed by atoms with E-state index in [0.717, 1.165) is 12.8 Å². The van der Waals surface area contributed by atoms with Crippen LogP contribution in [0.3, 0.4) is 0 Å². The van der Waals surface area contributed by atoms with Crippen molar-refractivity contribution in [3.63, 3.8) is 0 Å². The zero-order valence-corrected chi connectivity index (χ0v) is 13.2. The molecule has 2 fully saturated rings. The molecule has 0 aromatic rings. The van der Waals surface area contributed by atoms with Gasteiger partial charge in [0, 0.05) is 31.8 Å². The lowest BCUT2D eigenvalue weighted by Crippen LogP contribution is -2.52. The fourth-order valence-electron chi connectivity index (χ4n) is 2.75. The second kappa shape index (κ2) is 6.92. The summed E-state index contributed by atoms with van der Waals surface area (Å²) < 4.78 is 24.2. The first-order valence-electron chi connectivity index (χ1n) is 7.81. The number of likely N-dealkylation sites (tertiary alicyclic amines) is 1. The van der Waals surface area contributed by atoms with Gasteiger partial charge in [0.2, 0.25) is 0 Å². The molecule has 122 valence electrons. The van der Waals surface area contributed by atoms with Gasteiger partial charge in [-0.25, -0.2) is 9.18 Å². The van der Waals surface area contributed by atoms with Crippen molar-refractivity contribution in [2.75, 3.05) is 26.3 Å². The van der Waals surface area contributed by atoms with Crippen LogP contribution in [0.2, 0.25) is 0 Å². The zero-order valence-electron chi connectivity index (χ0n) is 13.2. The molecule has 0 bridgehead atoms. The largest absolute Gasteiger partial charge is 0.444 e. The van der Waals surface area contributed by atoms with Gasteiger partial charge in [0.1, 0.15) is 11.8 Å². The zero-order chi connectivity index (χ0) is 15.5. The maximum absolute atomic E-state index is 13.7. The predicted molar refractivity (Wildman–Crippen MR) is 78.1 cm³/mol. The van der Waals surface area contributed by atoms with Gasteiger partial charge in [-0.15, -0.1) is 0 Å². The van der Waals surface area contributed by atoms with Crippen LogP contribution in [-0.4, -0.2) is 61.2 Å². The van der Waals surface area contributed by atoms with Crippen molar-refractivity contribution in [3.05, 3.63) is 0 Å². The van der Waals surface area contributed by atoms with Gasteiger partial charge in [-0.3, -0.25) is 0 Å². The molecule has 2 rings (SSSR count). The number of rotatable bonds is 2. The van der Waals surface area contributed by atoms with Gasteiger partial charge < -0.3 is 19.7 Å². The molecule has 6 heteroatoms. The van der Waals surface area contributed by atoms with E-state index in [1.807, 2.05) is 20.8 Å². The van der Waals surface area contributed by atoms with Gasteiger partial charge in [0.25, 0.3) is 0 Å². The van der Waals surface area contributed by atoms with Crippen LogP contribution in [0.15, 0.2) is 0 Å². The first-order chi connectivity index (χ1) is 9.85. The molecule has 1 unspecified atom stereocenters. The van der Waals surface area contributed by atoms with E-state index in [2.05, 4.69) is 5.32 Å². The molecular formula is C15H27FN2O3. The third kappa shape index (κ3) is 5.11. The summed E-state index contributed by atoms with van der Waals surface area (Å²) in [6.07, 6.45) is 1.21. The van der Waals surface area contributed by atoms with Crippen LogP contribution in [0.5, 0.6) is 0 Å². The van der Waals surface area contributed by atoms with E-state index in [1.54, 1.807) is 4.90 Å². The second-order valence-corrected chi connectivity index (χ2v) is 6.89. The molecule has 0 spiro atoms. The number of amides is 1. The molecule has 0 aromatic carbocycles. The minimum atomic E-state index is -0.928. The summed E-state index contributed by atoms with van der Waals surface area (Å²) in [5.41, 5.74) is -0.463. The highest BCUT2D eigenvalue weighted by atomic mass is 19.1. The number of nitrogens with one attached hydrogen (secondary N) is 1. The molecule has 1 N–H and O–H groups in total. The number of carbonyl (C=O) groups excluding carboxylic acids is 1. The Morgan fingerprint density at radius 2 is 1.95 bits per heavy atom. The Labute approximate surface area is 126 Å². The molecule has 0 aliphatic carbocycles. The first kappa shape index (κ1) is 16.5. The Hall–Kier alpha value is -0.880. The molecule has 2 aliphatic heterocycles. The highest BCUT2D eigenvalue weighted by Gasteiger charge is 2.31. The Kier molecular flexibility index (Phi) is 5.43. The van der Waals surface area contributed by atoms with Crippen molar-refractivity contribution in [3.8, 4) is 0 Å². The lowest BCUT2D eigenvalue weighted by atomic mass is 10.0. The van der Waals surface area contributed by atoms with E-state index >= 15 is 0 Å². The molecule has 0 radical (unpaired) electrons. The fourth-order valence-corrected chi connectivity index (χ4v) is 2.75. The average molecular weight is 302 g/mol. The highest BCUT2D eigenvalue weighted by molar-refractivity contribution is 5.68.